The minimum Gasteiger partial charge on any atom is -0.372 e. The Balaban J connectivity index is 2.55. The second-order valence-electron chi connectivity index (χ2n) is 3.41. The number of nitrogens with zero attached hydrogens (tertiary/aromatic N) is 3. The fourth-order valence-corrected chi connectivity index (χ4v) is 1.16. The summed E-state index contributed by atoms with van der Waals surface area (Å²) in [6.45, 7) is 3.91. The highest BCUT2D eigenvalue weighted by atomic mass is 16.5. The van der Waals surface area contributed by atoms with E-state index in [1.54, 1.807) is 14.0 Å². The largest absolute Gasteiger partial charge is 0.372 e. The Labute approximate surface area is 88.6 Å². The topological polar surface area (TPSA) is 71.1 Å². The maximum atomic E-state index is 11.6. The van der Waals surface area contributed by atoms with Crippen LogP contribution in [0.25, 0.3) is 0 Å². The fraction of sp³-hybridized carbons (Fsp3) is 0.667. The number of amides is 1. The standard InChI is InChI=1S/C9H16N4O2/c1-6(15-4)9(14)13(3)5-8-10-7(2)11-12-8/h6H,5H2,1-4H3,(H,10,11,12). The van der Waals surface area contributed by atoms with Crippen LogP contribution in [0.5, 0.6) is 0 Å². The van der Waals surface area contributed by atoms with Crippen LogP contribution in [0.15, 0.2) is 0 Å². The lowest BCUT2D eigenvalue weighted by Crippen LogP contribution is -2.35. The number of carbonyl (C=O) groups excluding carboxylic acids is 1. The second-order valence-corrected chi connectivity index (χ2v) is 3.41. The molecule has 1 atom stereocenters. The van der Waals surface area contributed by atoms with Crippen LogP contribution in [0.4, 0.5) is 0 Å². The number of nitrogens with one attached hydrogen (secondary N) is 1. The first-order valence-electron chi connectivity index (χ1n) is 4.70. The number of ether oxygens (including phenoxy) is 1. The third-order valence-corrected chi connectivity index (χ3v) is 2.10. The Bertz CT molecular complexity index is 337. The molecule has 0 aromatic carbocycles. The molecule has 0 aliphatic heterocycles. The summed E-state index contributed by atoms with van der Waals surface area (Å²) in [6.07, 6.45) is -0.435. The van der Waals surface area contributed by atoms with Gasteiger partial charge in [-0.25, -0.2) is 4.98 Å². The van der Waals surface area contributed by atoms with E-state index in [0.717, 1.165) is 5.82 Å². The molecule has 0 aliphatic carbocycles. The Morgan fingerprint density at radius 2 is 2.33 bits per heavy atom. The van der Waals surface area contributed by atoms with E-state index in [2.05, 4.69) is 15.2 Å². The molecule has 6 nitrogen and oxygen atoms in total. The van der Waals surface area contributed by atoms with Crippen LogP contribution in [-0.4, -0.2) is 46.2 Å². The lowest BCUT2D eigenvalue weighted by molar-refractivity contribution is -0.140. The van der Waals surface area contributed by atoms with Gasteiger partial charge in [-0.2, -0.15) is 5.10 Å². The summed E-state index contributed by atoms with van der Waals surface area (Å²) in [5, 5.41) is 6.68. The molecular formula is C9H16N4O2. The molecule has 0 aliphatic rings. The Morgan fingerprint density at radius 1 is 1.67 bits per heavy atom. The maximum absolute atomic E-state index is 11.6. The van der Waals surface area contributed by atoms with E-state index >= 15 is 0 Å². The first-order valence-corrected chi connectivity index (χ1v) is 4.70. The van der Waals surface area contributed by atoms with Gasteiger partial charge in [0.15, 0.2) is 5.82 Å². The molecule has 0 fully saturated rings. The monoisotopic (exact) mass is 212 g/mol. The number of hydrogen-bond acceptors (Lipinski definition) is 4. The predicted molar refractivity (Wildman–Crippen MR) is 54.1 cm³/mol. The van der Waals surface area contributed by atoms with Gasteiger partial charge in [-0.3, -0.25) is 9.89 Å². The highest BCUT2D eigenvalue weighted by molar-refractivity contribution is 5.80. The molecule has 0 spiro atoms. The number of aromatic amines is 1. The van der Waals surface area contributed by atoms with Crippen molar-refractivity contribution in [2.45, 2.75) is 26.5 Å². The number of H-pyrrole nitrogens is 1. The number of carbonyl (C=O) groups is 1. The van der Waals surface area contributed by atoms with Crippen LogP contribution in [0.1, 0.15) is 18.6 Å². The van der Waals surface area contributed by atoms with E-state index in [9.17, 15) is 4.79 Å². The lowest BCUT2D eigenvalue weighted by atomic mass is 10.3. The van der Waals surface area contributed by atoms with Crippen molar-refractivity contribution in [3.63, 3.8) is 0 Å². The van der Waals surface area contributed by atoms with Crippen LogP contribution in [-0.2, 0) is 16.1 Å². The third-order valence-electron chi connectivity index (χ3n) is 2.10. The minimum atomic E-state index is -0.435. The summed E-state index contributed by atoms with van der Waals surface area (Å²) in [4.78, 5) is 17.3. The van der Waals surface area contributed by atoms with E-state index in [4.69, 9.17) is 4.74 Å². The van der Waals surface area contributed by atoms with Gasteiger partial charge in [0.25, 0.3) is 5.91 Å². The Hall–Kier alpha value is -1.43. The number of likely N-dealkylation sites (N-methyl/N-ethyl adjacent to an activating group) is 1. The number of aromatic nitrogens is 3. The van der Waals surface area contributed by atoms with Gasteiger partial charge in [0.1, 0.15) is 11.9 Å². The van der Waals surface area contributed by atoms with Crippen LogP contribution < -0.4 is 0 Å². The average Bonchev–Trinajstić information content (AvgIpc) is 2.61. The van der Waals surface area contributed by atoms with E-state index in [0.29, 0.717) is 12.4 Å². The molecule has 1 amide bonds. The normalized spacial score (nSPS) is 12.5. The van der Waals surface area contributed by atoms with Gasteiger partial charge in [0.2, 0.25) is 0 Å². The fourth-order valence-electron chi connectivity index (χ4n) is 1.16. The minimum absolute atomic E-state index is 0.0834. The summed E-state index contributed by atoms with van der Waals surface area (Å²) in [7, 11) is 3.21. The molecule has 0 saturated carbocycles. The van der Waals surface area contributed by atoms with Gasteiger partial charge in [0, 0.05) is 14.2 Å². The SMILES string of the molecule is COC(C)C(=O)N(C)Cc1n[nH]c(C)n1. The molecule has 0 radical (unpaired) electrons. The van der Waals surface area contributed by atoms with Crippen molar-refractivity contribution < 1.29 is 9.53 Å². The van der Waals surface area contributed by atoms with Crippen molar-refractivity contribution in [3.05, 3.63) is 11.6 Å². The van der Waals surface area contributed by atoms with Crippen molar-refractivity contribution in [2.24, 2.45) is 0 Å². The van der Waals surface area contributed by atoms with E-state index < -0.39 is 6.10 Å². The molecule has 84 valence electrons. The molecule has 0 saturated heterocycles. The van der Waals surface area contributed by atoms with Gasteiger partial charge in [-0.05, 0) is 13.8 Å². The van der Waals surface area contributed by atoms with E-state index in [1.807, 2.05) is 6.92 Å². The number of hydrogen-bond donors (Lipinski definition) is 1. The summed E-state index contributed by atoms with van der Waals surface area (Å²) in [5.74, 6) is 1.26. The third kappa shape index (κ3) is 3.02. The van der Waals surface area contributed by atoms with Crippen molar-refractivity contribution in [2.75, 3.05) is 14.2 Å². The zero-order chi connectivity index (χ0) is 11.4. The second kappa shape index (κ2) is 4.88. The van der Waals surface area contributed by atoms with Crippen LogP contribution >= 0.6 is 0 Å². The van der Waals surface area contributed by atoms with E-state index in [-0.39, 0.29) is 5.91 Å². The average molecular weight is 212 g/mol. The first kappa shape index (κ1) is 11.6. The Kier molecular flexibility index (Phi) is 3.79. The molecular weight excluding hydrogens is 196 g/mol. The number of aryl methyl sites for hydroxylation is 1. The van der Waals surface area contributed by atoms with Gasteiger partial charge < -0.3 is 9.64 Å². The molecule has 0 bridgehead atoms. The summed E-state index contributed by atoms with van der Waals surface area (Å²) in [6, 6.07) is 0. The van der Waals surface area contributed by atoms with Gasteiger partial charge >= 0.3 is 0 Å². The molecule has 1 rings (SSSR count). The maximum Gasteiger partial charge on any atom is 0.251 e. The summed E-state index contributed by atoms with van der Waals surface area (Å²) < 4.78 is 4.94. The zero-order valence-electron chi connectivity index (χ0n) is 9.44. The number of rotatable bonds is 4. The lowest BCUT2D eigenvalue weighted by Gasteiger charge is -2.18. The Morgan fingerprint density at radius 3 is 2.80 bits per heavy atom. The van der Waals surface area contributed by atoms with Crippen molar-refractivity contribution in [1.29, 1.82) is 0 Å². The molecule has 1 aromatic rings. The predicted octanol–water partition coefficient (Wildman–Crippen LogP) is 0.106. The molecule has 1 unspecified atom stereocenters. The quantitative estimate of drug-likeness (QED) is 0.768. The molecule has 1 aromatic heterocycles. The molecule has 15 heavy (non-hydrogen) atoms. The van der Waals surface area contributed by atoms with Gasteiger partial charge in [0.05, 0.1) is 6.54 Å². The van der Waals surface area contributed by atoms with Crippen molar-refractivity contribution in [3.8, 4) is 0 Å². The molecule has 1 N–H and O–H groups in total. The highest BCUT2D eigenvalue weighted by Gasteiger charge is 2.17. The smallest absolute Gasteiger partial charge is 0.251 e. The van der Waals surface area contributed by atoms with Gasteiger partial charge in [-0.15, -0.1) is 0 Å². The molecule has 1 heterocycles. The van der Waals surface area contributed by atoms with Gasteiger partial charge in [-0.1, -0.05) is 0 Å². The summed E-state index contributed by atoms with van der Waals surface area (Å²) >= 11 is 0. The van der Waals surface area contributed by atoms with Crippen molar-refractivity contribution in [1.82, 2.24) is 20.1 Å². The highest BCUT2D eigenvalue weighted by Crippen LogP contribution is 2.01. The van der Waals surface area contributed by atoms with Crippen LogP contribution in [0.2, 0.25) is 0 Å². The van der Waals surface area contributed by atoms with Crippen molar-refractivity contribution >= 4 is 5.91 Å². The van der Waals surface area contributed by atoms with Crippen LogP contribution in [0.3, 0.4) is 0 Å². The van der Waals surface area contributed by atoms with E-state index in [1.165, 1.54) is 12.0 Å². The van der Waals surface area contributed by atoms with Crippen LogP contribution in [0, 0.1) is 6.92 Å². The first-order chi connectivity index (χ1) is 7.04. The zero-order valence-corrected chi connectivity index (χ0v) is 9.44. The summed E-state index contributed by atoms with van der Waals surface area (Å²) in [5.41, 5.74) is 0. The molecule has 6 heteroatoms. The number of methoxy groups -OCH3 is 1.